The Bertz CT molecular complexity index is 902. The highest BCUT2D eigenvalue weighted by atomic mass is 35.5. The van der Waals surface area contributed by atoms with Gasteiger partial charge in [0.15, 0.2) is 0 Å². The Balaban J connectivity index is 1.87. The van der Waals surface area contributed by atoms with Crippen LogP contribution in [0.2, 0.25) is 15.1 Å². The van der Waals surface area contributed by atoms with Crippen LogP contribution in [0, 0.1) is 0 Å². The van der Waals surface area contributed by atoms with E-state index in [2.05, 4.69) is 10.3 Å². The van der Waals surface area contributed by atoms with Crippen LogP contribution in [-0.4, -0.2) is 15.5 Å². The summed E-state index contributed by atoms with van der Waals surface area (Å²) in [6.07, 6.45) is 3.59. The third-order valence-corrected chi connectivity index (χ3v) is 4.98. The summed E-state index contributed by atoms with van der Waals surface area (Å²) in [5.74, 6) is 0.508. The van der Waals surface area contributed by atoms with E-state index in [-0.39, 0.29) is 12.3 Å². The van der Waals surface area contributed by atoms with E-state index >= 15 is 0 Å². The molecule has 3 aromatic rings. The van der Waals surface area contributed by atoms with Crippen LogP contribution in [0.3, 0.4) is 0 Å². The van der Waals surface area contributed by atoms with Crippen molar-refractivity contribution in [3.8, 4) is 0 Å². The molecule has 1 atom stereocenters. The number of nitrogens with zero attached hydrogens (tertiary/aromatic N) is 2. The summed E-state index contributed by atoms with van der Waals surface area (Å²) in [4.78, 5) is 17.1. The number of nitrogens with one attached hydrogen (secondary N) is 1. The molecule has 1 N–H and O–H groups in total. The topological polar surface area (TPSA) is 46.9 Å². The second-order valence-corrected chi connectivity index (χ2v) is 7.08. The SMILES string of the molecule is Cn1ccnc1[C@@H](NC(=O)Cc1c(Cl)cccc1Cl)c1ccc(Cl)cc1. The summed E-state index contributed by atoms with van der Waals surface area (Å²) in [6.45, 7) is 0. The lowest BCUT2D eigenvalue weighted by atomic mass is 10.1. The molecule has 0 bridgehead atoms. The summed E-state index contributed by atoms with van der Waals surface area (Å²) in [7, 11) is 1.88. The highest BCUT2D eigenvalue weighted by Crippen LogP contribution is 2.26. The van der Waals surface area contributed by atoms with E-state index in [0.717, 1.165) is 5.56 Å². The van der Waals surface area contributed by atoms with Crippen LogP contribution in [0.15, 0.2) is 54.9 Å². The van der Waals surface area contributed by atoms with E-state index in [4.69, 9.17) is 34.8 Å². The Hall–Kier alpha value is -2.01. The summed E-state index contributed by atoms with van der Waals surface area (Å²) in [6, 6.07) is 12.1. The van der Waals surface area contributed by atoms with Crippen LogP contribution in [0.1, 0.15) is 23.0 Å². The molecule has 26 heavy (non-hydrogen) atoms. The molecule has 7 heteroatoms. The fourth-order valence-electron chi connectivity index (χ4n) is 2.68. The van der Waals surface area contributed by atoms with Gasteiger partial charge in [0, 0.05) is 34.5 Å². The number of imidazole rings is 1. The lowest BCUT2D eigenvalue weighted by molar-refractivity contribution is -0.121. The van der Waals surface area contributed by atoms with E-state index in [9.17, 15) is 4.79 Å². The Morgan fingerprint density at radius 2 is 1.77 bits per heavy atom. The number of rotatable bonds is 5. The largest absolute Gasteiger partial charge is 0.342 e. The van der Waals surface area contributed by atoms with Crippen LogP contribution in [-0.2, 0) is 18.3 Å². The highest BCUT2D eigenvalue weighted by Gasteiger charge is 2.21. The second-order valence-electron chi connectivity index (χ2n) is 5.83. The number of aryl methyl sites for hydroxylation is 1. The number of hydrogen-bond donors (Lipinski definition) is 1. The molecule has 0 aliphatic heterocycles. The molecule has 0 radical (unpaired) electrons. The molecule has 0 aliphatic carbocycles. The predicted molar refractivity (Wildman–Crippen MR) is 105 cm³/mol. The van der Waals surface area contributed by atoms with Crippen molar-refractivity contribution < 1.29 is 4.79 Å². The van der Waals surface area contributed by atoms with Gasteiger partial charge in [0.25, 0.3) is 0 Å². The molecule has 2 aromatic carbocycles. The van der Waals surface area contributed by atoms with Gasteiger partial charge < -0.3 is 9.88 Å². The number of halogens is 3. The van der Waals surface area contributed by atoms with Gasteiger partial charge in [0.05, 0.1) is 6.42 Å². The summed E-state index contributed by atoms with van der Waals surface area (Å²) >= 11 is 18.3. The van der Waals surface area contributed by atoms with Crippen molar-refractivity contribution in [3.05, 3.63) is 86.9 Å². The highest BCUT2D eigenvalue weighted by molar-refractivity contribution is 6.36. The molecule has 0 spiro atoms. The van der Waals surface area contributed by atoms with Gasteiger partial charge in [-0.25, -0.2) is 4.98 Å². The van der Waals surface area contributed by atoms with Crippen LogP contribution in [0.4, 0.5) is 0 Å². The molecule has 0 unspecified atom stereocenters. The standard InChI is InChI=1S/C19H16Cl3N3O/c1-25-10-9-23-19(25)18(12-5-7-13(20)8-6-12)24-17(26)11-14-15(21)3-2-4-16(14)22/h2-10,18H,11H2,1H3,(H,24,26)/t18-/m0/s1. The van der Waals surface area contributed by atoms with Gasteiger partial charge in [-0.05, 0) is 35.4 Å². The third kappa shape index (κ3) is 4.21. The first kappa shape index (κ1) is 18.8. The number of hydrogen-bond acceptors (Lipinski definition) is 2. The number of aromatic nitrogens is 2. The molecule has 0 saturated heterocycles. The fraction of sp³-hybridized carbons (Fsp3) is 0.158. The molecule has 0 saturated carbocycles. The summed E-state index contributed by atoms with van der Waals surface area (Å²) in [5, 5.41) is 4.57. The van der Waals surface area contributed by atoms with Crippen LogP contribution in [0.5, 0.6) is 0 Å². The average molecular weight is 409 g/mol. The molecule has 1 heterocycles. The van der Waals surface area contributed by atoms with Crippen LogP contribution >= 0.6 is 34.8 Å². The molecule has 0 aliphatic rings. The Labute approximate surface area is 166 Å². The minimum Gasteiger partial charge on any atom is -0.342 e. The molecule has 0 fully saturated rings. The van der Waals surface area contributed by atoms with E-state index in [1.165, 1.54) is 0 Å². The molecule has 1 aromatic heterocycles. The van der Waals surface area contributed by atoms with E-state index in [0.29, 0.717) is 26.5 Å². The minimum absolute atomic E-state index is 0.0764. The van der Waals surface area contributed by atoms with E-state index in [1.54, 1.807) is 36.5 Å². The normalized spacial score (nSPS) is 12.0. The predicted octanol–water partition coefficient (Wildman–Crippen LogP) is 4.83. The molecule has 3 rings (SSSR count). The maximum Gasteiger partial charge on any atom is 0.225 e. The Morgan fingerprint density at radius 3 is 2.35 bits per heavy atom. The first-order chi connectivity index (χ1) is 12.5. The van der Waals surface area contributed by atoms with Crippen molar-refractivity contribution in [2.45, 2.75) is 12.5 Å². The smallest absolute Gasteiger partial charge is 0.225 e. The maximum atomic E-state index is 12.7. The Kier molecular flexibility index (Phi) is 5.87. The van der Waals surface area contributed by atoms with Gasteiger partial charge in [0.2, 0.25) is 5.91 Å². The molecular weight excluding hydrogens is 393 g/mol. The minimum atomic E-state index is -0.416. The van der Waals surface area contributed by atoms with Gasteiger partial charge >= 0.3 is 0 Å². The van der Waals surface area contributed by atoms with Crippen molar-refractivity contribution >= 4 is 40.7 Å². The van der Waals surface area contributed by atoms with Crippen LogP contribution in [0.25, 0.3) is 0 Å². The summed E-state index contributed by atoms with van der Waals surface area (Å²) < 4.78 is 1.86. The first-order valence-corrected chi connectivity index (χ1v) is 9.04. The molecule has 134 valence electrons. The quantitative estimate of drug-likeness (QED) is 0.657. The zero-order valence-electron chi connectivity index (χ0n) is 13.9. The average Bonchev–Trinajstić information content (AvgIpc) is 3.03. The van der Waals surface area contributed by atoms with Gasteiger partial charge in [-0.15, -0.1) is 0 Å². The van der Waals surface area contributed by atoms with Crippen molar-refractivity contribution in [3.63, 3.8) is 0 Å². The maximum absolute atomic E-state index is 12.7. The number of carbonyl (C=O) groups is 1. The third-order valence-electron chi connectivity index (χ3n) is 4.02. The fourth-order valence-corrected chi connectivity index (χ4v) is 3.34. The summed E-state index contributed by atoms with van der Waals surface area (Å²) in [5.41, 5.74) is 1.48. The monoisotopic (exact) mass is 407 g/mol. The number of carbonyl (C=O) groups excluding carboxylic acids is 1. The lowest BCUT2D eigenvalue weighted by Crippen LogP contribution is -2.32. The van der Waals surface area contributed by atoms with Crippen molar-refractivity contribution in [1.29, 1.82) is 0 Å². The van der Waals surface area contributed by atoms with Gasteiger partial charge in [-0.1, -0.05) is 53.0 Å². The molecule has 4 nitrogen and oxygen atoms in total. The van der Waals surface area contributed by atoms with Crippen molar-refractivity contribution in [1.82, 2.24) is 14.9 Å². The zero-order chi connectivity index (χ0) is 18.7. The van der Waals surface area contributed by atoms with Crippen molar-refractivity contribution in [2.24, 2.45) is 7.05 Å². The van der Waals surface area contributed by atoms with Gasteiger partial charge in [-0.2, -0.15) is 0 Å². The zero-order valence-corrected chi connectivity index (χ0v) is 16.2. The first-order valence-electron chi connectivity index (χ1n) is 7.90. The van der Waals surface area contributed by atoms with E-state index in [1.807, 2.05) is 29.9 Å². The van der Waals surface area contributed by atoms with Gasteiger partial charge in [0.1, 0.15) is 11.9 Å². The lowest BCUT2D eigenvalue weighted by Gasteiger charge is -2.19. The molecular formula is C19H16Cl3N3O. The van der Waals surface area contributed by atoms with Crippen LogP contribution < -0.4 is 5.32 Å². The number of amides is 1. The second kappa shape index (κ2) is 8.12. The molecule has 1 amide bonds. The van der Waals surface area contributed by atoms with Crippen molar-refractivity contribution in [2.75, 3.05) is 0 Å². The number of benzene rings is 2. The van der Waals surface area contributed by atoms with E-state index < -0.39 is 6.04 Å². The Morgan fingerprint density at radius 1 is 1.12 bits per heavy atom. The van der Waals surface area contributed by atoms with Gasteiger partial charge in [-0.3, -0.25) is 4.79 Å².